The molecule has 0 unspecified atom stereocenters. The number of carbonyl (C=O) groups excluding carboxylic acids is 1. The van der Waals surface area contributed by atoms with E-state index in [1.54, 1.807) is 0 Å². The summed E-state index contributed by atoms with van der Waals surface area (Å²) < 4.78 is 7.64. The Bertz CT molecular complexity index is 878. The van der Waals surface area contributed by atoms with E-state index in [-0.39, 0.29) is 11.5 Å². The molecule has 1 saturated carbocycles. The number of fused-ring (bicyclic) bond motifs is 5. The maximum Gasteiger partial charge on any atom is 0.255 e. The molecule has 3 saturated heterocycles. The summed E-state index contributed by atoms with van der Waals surface area (Å²) >= 11 is 0. The molecule has 4 fully saturated rings. The number of piperidine rings is 1. The van der Waals surface area contributed by atoms with E-state index in [1.807, 2.05) is 4.57 Å². The Labute approximate surface area is 178 Å². The Morgan fingerprint density at radius 1 is 1.00 bits per heavy atom. The molecule has 0 N–H and O–H groups in total. The van der Waals surface area contributed by atoms with Crippen LogP contribution in [0.25, 0.3) is 0 Å². The molecule has 30 heavy (non-hydrogen) atoms. The predicted molar refractivity (Wildman–Crippen MR) is 113 cm³/mol. The smallest absolute Gasteiger partial charge is 0.255 e. The van der Waals surface area contributed by atoms with Crippen molar-refractivity contribution in [2.75, 3.05) is 39.4 Å². The molecule has 4 atom stereocenters. The van der Waals surface area contributed by atoms with Gasteiger partial charge in [0.2, 0.25) is 5.91 Å². The second-order valence-corrected chi connectivity index (χ2v) is 10.5. The molecular weight excluding hydrogens is 378 g/mol. The van der Waals surface area contributed by atoms with E-state index in [0.29, 0.717) is 29.6 Å². The highest BCUT2D eigenvalue weighted by Crippen LogP contribution is 2.37. The first-order valence-electron chi connectivity index (χ1n) is 12.0. The number of pyridine rings is 1. The molecule has 5 aliphatic rings. The van der Waals surface area contributed by atoms with Crippen molar-refractivity contribution >= 4 is 5.91 Å². The average molecular weight is 412 g/mol. The Hall–Kier alpha value is -1.66. The van der Waals surface area contributed by atoms with Crippen molar-refractivity contribution in [3.8, 4) is 0 Å². The third-order valence-corrected chi connectivity index (χ3v) is 8.41. The average Bonchev–Trinajstić information content (AvgIpc) is 3.47. The maximum atomic E-state index is 13.3. The monoisotopic (exact) mass is 411 g/mol. The normalized spacial score (nSPS) is 33.7. The van der Waals surface area contributed by atoms with Crippen LogP contribution in [0.5, 0.6) is 0 Å². The van der Waals surface area contributed by atoms with Crippen LogP contribution < -0.4 is 5.56 Å². The fourth-order valence-corrected chi connectivity index (χ4v) is 6.88. The van der Waals surface area contributed by atoms with Gasteiger partial charge in [-0.2, -0.15) is 0 Å². The second kappa shape index (κ2) is 7.49. The zero-order valence-electron chi connectivity index (χ0n) is 17.8. The fourth-order valence-electron chi connectivity index (χ4n) is 6.88. The number of hydrogen-bond donors (Lipinski definition) is 0. The number of amides is 1. The van der Waals surface area contributed by atoms with Gasteiger partial charge in [-0.25, -0.2) is 0 Å². The summed E-state index contributed by atoms with van der Waals surface area (Å²) in [6, 6.07) is 4.25. The van der Waals surface area contributed by atoms with Crippen molar-refractivity contribution in [2.24, 2.45) is 23.7 Å². The highest BCUT2D eigenvalue weighted by atomic mass is 16.5. The van der Waals surface area contributed by atoms with Gasteiger partial charge < -0.3 is 14.2 Å². The van der Waals surface area contributed by atoms with Crippen LogP contribution in [0.1, 0.15) is 49.3 Å². The number of nitrogens with zero attached hydrogens (tertiary/aromatic N) is 3. The van der Waals surface area contributed by atoms with Crippen LogP contribution >= 0.6 is 0 Å². The summed E-state index contributed by atoms with van der Waals surface area (Å²) in [5.41, 5.74) is 2.28. The molecule has 6 nitrogen and oxygen atoms in total. The number of likely N-dealkylation sites (tertiary alicyclic amines) is 2. The standard InChI is InChI=1S/C24H33N3O3/c28-23(17-3-1-2-4-17)26-8-16-7-19(13-26)22-6-5-18(24(29)27(22)9-16)10-25-11-20-14-30-15-21(20)12-25/h5-6,16-17,19-21H,1-4,7-15H2/t16-,19+,20-,21+/m0/s1. The van der Waals surface area contributed by atoms with Gasteiger partial charge in [-0.1, -0.05) is 18.9 Å². The summed E-state index contributed by atoms with van der Waals surface area (Å²) in [5.74, 6) is 2.64. The van der Waals surface area contributed by atoms with Crippen LogP contribution in [0.4, 0.5) is 0 Å². The molecule has 0 aromatic carbocycles. The first-order valence-corrected chi connectivity index (χ1v) is 12.0. The van der Waals surface area contributed by atoms with Crippen molar-refractivity contribution in [3.63, 3.8) is 0 Å². The first kappa shape index (κ1) is 19.1. The van der Waals surface area contributed by atoms with Gasteiger partial charge in [0.1, 0.15) is 0 Å². The minimum absolute atomic E-state index is 0.200. The van der Waals surface area contributed by atoms with Crippen molar-refractivity contribution in [1.82, 2.24) is 14.4 Å². The van der Waals surface area contributed by atoms with Gasteiger partial charge in [-0.15, -0.1) is 0 Å². The van der Waals surface area contributed by atoms with Gasteiger partial charge >= 0.3 is 0 Å². The lowest BCUT2D eigenvalue weighted by atomic mass is 9.82. The summed E-state index contributed by atoms with van der Waals surface area (Å²) in [6.45, 7) is 7.01. The zero-order valence-corrected chi connectivity index (χ0v) is 17.8. The van der Waals surface area contributed by atoms with E-state index in [1.165, 1.54) is 12.8 Å². The zero-order chi connectivity index (χ0) is 20.2. The highest BCUT2D eigenvalue weighted by molar-refractivity contribution is 5.79. The van der Waals surface area contributed by atoms with E-state index in [4.69, 9.17) is 4.74 Å². The van der Waals surface area contributed by atoms with Crippen LogP contribution in [0.15, 0.2) is 16.9 Å². The van der Waals surface area contributed by atoms with E-state index >= 15 is 0 Å². The van der Waals surface area contributed by atoms with Crippen molar-refractivity contribution in [3.05, 3.63) is 33.7 Å². The largest absolute Gasteiger partial charge is 0.381 e. The third-order valence-electron chi connectivity index (χ3n) is 8.41. The molecular formula is C24H33N3O3. The number of ether oxygens (including phenoxy) is 1. The van der Waals surface area contributed by atoms with Gasteiger partial charge in [-0.3, -0.25) is 14.5 Å². The minimum atomic E-state index is 0.200. The van der Waals surface area contributed by atoms with Crippen LogP contribution in [0.2, 0.25) is 0 Å². The van der Waals surface area contributed by atoms with E-state index in [9.17, 15) is 9.59 Å². The molecule has 6 rings (SSSR count). The molecule has 1 aromatic heterocycles. The number of rotatable bonds is 3. The van der Waals surface area contributed by atoms with Gasteiger partial charge in [0, 0.05) is 74.2 Å². The molecule has 162 valence electrons. The summed E-state index contributed by atoms with van der Waals surface area (Å²) in [6.07, 6.45) is 5.64. The molecule has 1 aliphatic carbocycles. The number of carbonyl (C=O) groups is 1. The van der Waals surface area contributed by atoms with Crippen molar-refractivity contribution in [2.45, 2.75) is 51.1 Å². The van der Waals surface area contributed by atoms with Crippen LogP contribution in [0.3, 0.4) is 0 Å². The molecule has 0 spiro atoms. The van der Waals surface area contributed by atoms with Crippen molar-refractivity contribution in [1.29, 1.82) is 0 Å². The highest BCUT2D eigenvalue weighted by Gasteiger charge is 2.40. The lowest BCUT2D eigenvalue weighted by Gasteiger charge is -2.43. The Kier molecular flexibility index (Phi) is 4.75. The third kappa shape index (κ3) is 3.23. The minimum Gasteiger partial charge on any atom is -0.381 e. The quantitative estimate of drug-likeness (QED) is 0.764. The van der Waals surface area contributed by atoms with Crippen LogP contribution in [-0.2, 0) is 22.6 Å². The summed E-state index contributed by atoms with van der Waals surface area (Å²) in [5, 5.41) is 0. The topological polar surface area (TPSA) is 54.8 Å². The van der Waals surface area contributed by atoms with Crippen molar-refractivity contribution < 1.29 is 9.53 Å². The number of hydrogen-bond acceptors (Lipinski definition) is 4. The second-order valence-electron chi connectivity index (χ2n) is 10.5. The van der Waals surface area contributed by atoms with Gasteiger partial charge in [0.05, 0.1) is 13.2 Å². The number of aromatic nitrogens is 1. The summed E-state index contributed by atoms with van der Waals surface area (Å²) in [4.78, 5) is 30.9. The predicted octanol–water partition coefficient (Wildman–Crippen LogP) is 2.06. The molecule has 1 amide bonds. The molecule has 0 radical (unpaired) electrons. The SMILES string of the molecule is O=C(C1CCCC1)N1C[C@@H]2C[C@H](C1)c1ccc(CN3C[C@H]4COC[C@H]4C3)c(=O)n1C2. The van der Waals surface area contributed by atoms with E-state index in [0.717, 1.165) is 83.0 Å². The van der Waals surface area contributed by atoms with Gasteiger partial charge in [-0.05, 0) is 31.2 Å². The van der Waals surface area contributed by atoms with Crippen LogP contribution in [0, 0.1) is 23.7 Å². The fraction of sp³-hybridized carbons (Fsp3) is 0.750. The Morgan fingerprint density at radius 2 is 1.77 bits per heavy atom. The maximum absolute atomic E-state index is 13.3. The Balaban J connectivity index is 1.19. The molecule has 1 aromatic rings. The molecule has 2 bridgehead atoms. The van der Waals surface area contributed by atoms with Crippen LogP contribution in [-0.4, -0.2) is 59.7 Å². The van der Waals surface area contributed by atoms with Gasteiger partial charge in [0.15, 0.2) is 0 Å². The van der Waals surface area contributed by atoms with Gasteiger partial charge in [0.25, 0.3) is 5.56 Å². The van der Waals surface area contributed by atoms with E-state index in [2.05, 4.69) is 21.9 Å². The molecule has 6 heteroatoms. The lowest BCUT2D eigenvalue weighted by Crippen LogP contribution is -2.50. The first-order chi connectivity index (χ1) is 14.7. The molecule has 4 aliphatic heterocycles. The summed E-state index contributed by atoms with van der Waals surface area (Å²) in [7, 11) is 0. The molecule has 5 heterocycles. The lowest BCUT2D eigenvalue weighted by molar-refractivity contribution is -0.138. The van der Waals surface area contributed by atoms with E-state index < -0.39 is 0 Å². The Morgan fingerprint density at radius 3 is 2.53 bits per heavy atom.